The van der Waals surface area contributed by atoms with Crippen LogP contribution in [0.4, 0.5) is 0 Å². The second-order valence-corrected chi connectivity index (χ2v) is 4.61. The van der Waals surface area contributed by atoms with Gasteiger partial charge in [0.1, 0.15) is 17.2 Å². The van der Waals surface area contributed by atoms with Crippen LogP contribution < -0.4 is 19.5 Å². The highest BCUT2D eigenvalue weighted by molar-refractivity contribution is 5.68. The first-order valence-corrected chi connectivity index (χ1v) is 6.84. The van der Waals surface area contributed by atoms with E-state index in [0.717, 1.165) is 42.3 Å². The first-order chi connectivity index (χ1) is 9.65. The second kappa shape index (κ2) is 8.48. The van der Waals surface area contributed by atoms with Gasteiger partial charge in [-0.3, -0.25) is 0 Å². The minimum Gasteiger partial charge on any atom is -0.496 e. The molecule has 20 heavy (non-hydrogen) atoms. The van der Waals surface area contributed by atoms with Gasteiger partial charge in [0.25, 0.3) is 0 Å². The molecular formula is C16H25NO3. The summed E-state index contributed by atoms with van der Waals surface area (Å²) in [4.78, 5) is 0. The maximum Gasteiger partial charge on any atom is 0.133 e. The monoisotopic (exact) mass is 279 g/mol. The molecule has 0 aromatic heterocycles. The van der Waals surface area contributed by atoms with E-state index in [4.69, 9.17) is 14.2 Å². The summed E-state index contributed by atoms with van der Waals surface area (Å²) in [6.45, 7) is 6.11. The van der Waals surface area contributed by atoms with Gasteiger partial charge in [-0.05, 0) is 26.0 Å². The van der Waals surface area contributed by atoms with Crippen molar-refractivity contribution in [2.75, 3.05) is 34.4 Å². The van der Waals surface area contributed by atoms with E-state index < -0.39 is 0 Å². The lowest BCUT2D eigenvalue weighted by atomic mass is 10.1. The molecule has 1 aromatic carbocycles. The first-order valence-electron chi connectivity index (χ1n) is 6.84. The Morgan fingerprint density at radius 2 is 1.70 bits per heavy atom. The number of nitrogens with one attached hydrogen (secondary N) is 1. The van der Waals surface area contributed by atoms with Crippen molar-refractivity contribution in [2.24, 2.45) is 0 Å². The van der Waals surface area contributed by atoms with Crippen LogP contribution in [0, 0.1) is 0 Å². The molecule has 0 saturated carbocycles. The van der Waals surface area contributed by atoms with E-state index in [0.29, 0.717) is 0 Å². The maximum absolute atomic E-state index is 5.43. The SMILES string of the molecule is CCCNCC(C)=Cc1c(OC)cc(OC)cc1OC. The molecule has 0 aliphatic heterocycles. The fraction of sp³-hybridized carbons (Fsp3) is 0.500. The quantitative estimate of drug-likeness (QED) is 0.742. The fourth-order valence-electron chi connectivity index (χ4n) is 1.93. The lowest BCUT2D eigenvalue weighted by Crippen LogP contribution is -2.16. The average molecular weight is 279 g/mol. The Balaban J connectivity index is 3.05. The van der Waals surface area contributed by atoms with Gasteiger partial charge in [-0.2, -0.15) is 0 Å². The summed E-state index contributed by atoms with van der Waals surface area (Å²) >= 11 is 0. The summed E-state index contributed by atoms with van der Waals surface area (Å²) in [6, 6.07) is 3.72. The van der Waals surface area contributed by atoms with Gasteiger partial charge >= 0.3 is 0 Å². The molecule has 1 N–H and O–H groups in total. The van der Waals surface area contributed by atoms with Crippen molar-refractivity contribution in [3.63, 3.8) is 0 Å². The third-order valence-electron chi connectivity index (χ3n) is 2.97. The van der Waals surface area contributed by atoms with Gasteiger partial charge in [-0.15, -0.1) is 0 Å². The molecule has 0 spiro atoms. The second-order valence-electron chi connectivity index (χ2n) is 4.61. The molecule has 0 aliphatic carbocycles. The highest BCUT2D eigenvalue weighted by Crippen LogP contribution is 2.35. The van der Waals surface area contributed by atoms with Crippen molar-refractivity contribution < 1.29 is 14.2 Å². The number of methoxy groups -OCH3 is 3. The van der Waals surface area contributed by atoms with E-state index in [1.807, 2.05) is 12.1 Å². The van der Waals surface area contributed by atoms with Gasteiger partial charge in [0, 0.05) is 18.7 Å². The van der Waals surface area contributed by atoms with Crippen molar-refractivity contribution in [1.82, 2.24) is 5.32 Å². The van der Waals surface area contributed by atoms with Gasteiger partial charge < -0.3 is 19.5 Å². The van der Waals surface area contributed by atoms with E-state index in [-0.39, 0.29) is 0 Å². The Bertz CT molecular complexity index is 430. The predicted octanol–water partition coefficient (Wildman–Crippen LogP) is 3.12. The van der Waals surface area contributed by atoms with E-state index >= 15 is 0 Å². The van der Waals surface area contributed by atoms with Crippen molar-refractivity contribution in [2.45, 2.75) is 20.3 Å². The molecule has 112 valence electrons. The number of hydrogen-bond acceptors (Lipinski definition) is 4. The summed E-state index contributed by atoms with van der Waals surface area (Å²) in [5.74, 6) is 2.21. The Kier molecular flexibility index (Phi) is 6.94. The van der Waals surface area contributed by atoms with Crippen LogP contribution in [0.3, 0.4) is 0 Å². The molecule has 0 atom stereocenters. The topological polar surface area (TPSA) is 39.7 Å². The largest absolute Gasteiger partial charge is 0.496 e. The highest BCUT2D eigenvalue weighted by Gasteiger charge is 2.11. The van der Waals surface area contributed by atoms with Crippen molar-refractivity contribution in [3.8, 4) is 17.2 Å². The summed E-state index contributed by atoms with van der Waals surface area (Å²) in [5, 5.41) is 3.38. The zero-order chi connectivity index (χ0) is 15.0. The summed E-state index contributed by atoms with van der Waals surface area (Å²) in [7, 11) is 4.93. The molecule has 4 heteroatoms. The van der Waals surface area contributed by atoms with E-state index in [1.165, 1.54) is 5.57 Å². The van der Waals surface area contributed by atoms with Crippen LogP contribution in [0.1, 0.15) is 25.8 Å². The lowest BCUT2D eigenvalue weighted by Gasteiger charge is -2.13. The van der Waals surface area contributed by atoms with Crippen LogP contribution in [0.15, 0.2) is 17.7 Å². The minimum atomic E-state index is 0.720. The van der Waals surface area contributed by atoms with Crippen LogP contribution in [0.2, 0.25) is 0 Å². The van der Waals surface area contributed by atoms with Gasteiger partial charge in [-0.25, -0.2) is 0 Å². The zero-order valence-electron chi connectivity index (χ0n) is 13.1. The summed E-state index contributed by atoms with van der Waals surface area (Å²) in [5.41, 5.74) is 2.16. The molecular weight excluding hydrogens is 254 g/mol. The first kappa shape index (κ1) is 16.4. The average Bonchev–Trinajstić information content (AvgIpc) is 2.47. The Hall–Kier alpha value is -1.68. The summed E-state index contributed by atoms with van der Waals surface area (Å²) in [6.07, 6.45) is 3.21. The smallest absolute Gasteiger partial charge is 0.133 e. The third kappa shape index (κ3) is 4.46. The lowest BCUT2D eigenvalue weighted by molar-refractivity contribution is 0.374. The molecule has 0 bridgehead atoms. The Morgan fingerprint density at radius 1 is 1.10 bits per heavy atom. The van der Waals surface area contributed by atoms with E-state index in [9.17, 15) is 0 Å². The Morgan fingerprint density at radius 3 is 2.15 bits per heavy atom. The van der Waals surface area contributed by atoms with Crippen LogP contribution in [-0.2, 0) is 0 Å². The maximum atomic E-state index is 5.43. The van der Waals surface area contributed by atoms with Crippen LogP contribution >= 0.6 is 0 Å². The summed E-state index contributed by atoms with van der Waals surface area (Å²) < 4.78 is 16.1. The molecule has 0 amide bonds. The van der Waals surface area contributed by atoms with Crippen molar-refractivity contribution in [1.29, 1.82) is 0 Å². The number of benzene rings is 1. The molecule has 1 rings (SSSR count). The molecule has 4 nitrogen and oxygen atoms in total. The molecule has 0 radical (unpaired) electrons. The number of hydrogen-bond donors (Lipinski definition) is 1. The molecule has 0 saturated heterocycles. The predicted molar refractivity (Wildman–Crippen MR) is 82.9 cm³/mol. The van der Waals surface area contributed by atoms with Gasteiger partial charge in [0.05, 0.1) is 26.9 Å². The molecule has 0 heterocycles. The number of rotatable bonds is 8. The van der Waals surface area contributed by atoms with E-state index in [2.05, 4.69) is 25.2 Å². The van der Waals surface area contributed by atoms with Crippen LogP contribution in [0.25, 0.3) is 6.08 Å². The van der Waals surface area contributed by atoms with E-state index in [1.54, 1.807) is 21.3 Å². The van der Waals surface area contributed by atoms with Crippen molar-refractivity contribution in [3.05, 3.63) is 23.3 Å². The van der Waals surface area contributed by atoms with Crippen LogP contribution in [0.5, 0.6) is 17.2 Å². The fourth-order valence-corrected chi connectivity index (χ4v) is 1.93. The normalized spacial score (nSPS) is 11.3. The molecule has 0 unspecified atom stereocenters. The molecule has 0 fully saturated rings. The number of ether oxygens (including phenoxy) is 3. The van der Waals surface area contributed by atoms with Gasteiger partial charge in [0.15, 0.2) is 0 Å². The van der Waals surface area contributed by atoms with Gasteiger partial charge in [-0.1, -0.05) is 12.5 Å². The van der Waals surface area contributed by atoms with Crippen molar-refractivity contribution >= 4 is 6.08 Å². The van der Waals surface area contributed by atoms with Gasteiger partial charge in [0.2, 0.25) is 0 Å². The molecule has 1 aromatic rings. The standard InChI is InChI=1S/C16H25NO3/c1-6-7-17-11-12(2)8-14-15(19-4)9-13(18-3)10-16(14)20-5/h8-10,17H,6-7,11H2,1-5H3. The third-order valence-corrected chi connectivity index (χ3v) is 2.97. The van der Waals surface area contributed by atoms with Crippen LogP contribution in [-0.4, -0.2) is 34.4 Å². The molecule has 0 aliphatic rings. The Labute approximate surface area is 121 Å². The zero-order valence-corrected chi connectivity index (χ0v) is 13.1. The highest BCUT2D eigenvalue weighted by atomic mass is 16.5. The minimum absolute atomic E-state index is 0.720.